The molecule has 138 valence electrons. The van der Waals surface area contributed by atoms with Crippen LogP contribution in [0.25, 0.3) is 5.69 Å². The van der Waals surface area contributed by atoms with Gasteiger partial charge in [0.2, 0.25) is 5.91 Å². The Hall–Kier alpha value is -3.92. The van der Waals surface area contributed by atoms with Gasteiger partial charge in [0.25, 0.3) is 5.91 Å². The van der Waals surface area contributed by atoms with Gasteiger partial charge in [0.15, 0.2) is 5.82 Å². The first-order chi connectivity index (χ1) is 13.7. The number of hydrogen-bond acceptors (Lipinski definition) is 4. The molecule has 1 aliphatic heterocycles. The van der Waals surface area contributed by atoms with Crippen molar-refractivity contribution >= 4 is 23.3 Å². The number of aromatic nitrogens is 2. The van der Waals surface area contributed by atoms with Crippen LogP contribution in [0.2, 0.25) is 0 Å². The zero-order valence-electron chi connectivity index (χ0n) is 15.0. The van der Waals surface area contributed by atoms with Crippen LogP contribution >= 0.6 is 0 Å². The normalized spacial score (nSPS) is 13.0. The molecule has 2 N–H and O–H groups in total. The minimum absolute atomic E-state index is 0.0126. The van der Waals surface area contributed by atoms with Crippen LogP contribution in [0.5, 0.6) is 0 Å². The first-order valence-corrected chi connectivity index (χ1v) is 8.93. The molecule has 0 bridgehead atoms. The molecule has 3 aromatic rings. The maximum atomic E-state index is 12.9. The van der Waals surface area contributed by atoms with Crippen molar-refractivity contribution in [2.75, 3.05) is 10.6 Å². The second-order valence-corrected chi connectivity index (χ2v) is 6.49. The number of para-hydroxylation sites is 1. The van der Waals surface area contributed by atoms with Crippen LogP contribution in [0.3, 0.4) is 0 Å². The highest BCUT2D eigenvalue weighted by Gasteiger charge is 2.18. The van der Waals surface area contributed by atoms with E-state index in [1.807, 2.05) is 30.3 Å². The van der Waals surface area contributed by atoms with Crippen molar-refractivity contribution in [1.82, 2.24) is 9.78 Å². The van der Waals surface area contributed by atoms with Crippen molar-refractivity contribution in [3.05, 3.63) is 71.4 Å². The van der Waals surface area contributed by atoms with E-state index in [0.29, 0.717) is 17.8 Å². The van der Waals surface area contributed by atoms with E-state index in [1.54, 1.807) is 18.2 Å². The molecule has 0 aliphatic carbocycles. The molecule has 0 unspecified atom stereocenters. The number of amides is 2. The fourth-order valence-corrected chi connectivity index (χ4v) is 3.21. The second kappa shape index (κ2) is 7.37. The number of hydrogen-bond donors (Lipinski definition) is 2. The first-order valence-electron chi connectivity index (χ1n) is 8.93. The predicted molar refractivity (Wildman–Crippen MR) is 104 cm³/mol. The molecule has 4 rings (SSSR count). The van der Waals surface area contributed by atoms with Gasteiger partial charge in [-0.1, -0.05) is 18.2 Å². The van der Waals surface area contributed by atoms with Crippen molar-refractivity contribution in [3.63, 3.8) is 0 Å². The summed E-state index contributed by atoms with van der Waals surface area (Å²) in [5.74, 6) is -0.0316. The number of anilines is 2. The molecular formula is C21H17N5O2. The van der Waals surface area contributed by atoms with Crippen LogP contribution < -0.4 is 10.6 Å². The lowest BCUT2D eigenvalue weighted by Gasteiger charge is -2.12. The molecular weight excluding hydrogens is 354 g/mol. The number of aryl methyl sites for hydroxylation is 1. The van der Waals surface area contributed by atoms with Crippen LogP contribution in [0.4, 0.5) is 11.5 Å². The zero-order chi connectivity index (χ0) is 19.5. The third-order valence-corrected chi connectivity index (χ3v) is 4.61. The summed E-state index contributed by atoms with van der Waals surface area (Å²) < 4.78 is 1.53. The fourth-order valence-electron chi connectivity index (χ4n) is 3.21. The van der Waals surface area contributed by atoms with E-state index in [1.165, 1.54) is 10.9 Å². The molecule has 2 heterocycles. The summed E-state index contributed by atoms with van der Waals surface area (Å²) in [6, 6.07) is 16.5. The van der Waals surface area contributed by atoms with Crippen LogP contribution in [0.15, 0.2) is 54.7 Å². The van der Waals surface area contributed by atoms with Crippen molar-refractivity contribution in [2.45, 2.75) is 19.3 Å². The number of carbonyl (C=O) groups is 2. The number of nitriles is 1. The lowest BCUT2D eigenvalue weighted by atomic mass is 10.0. The Bertz CT molecular complexity index is 1100. The third-order valence-electron chi connectivity index (χ3n) is 4.61. The quantitative estimate of drug-likeness (QED) is 0.738. The van der Waals surface area contributed by atoms with Gasteiger partial charge in [0, 0.05) is 17.7 Å². The average molecular weight is 371 g/mol. The Morgan fingerprint density at radius 3 is 2.79 bits per heavy atom. The van der Waals surface area contributed by atoms with Gasteiger partial charge in [0.05, 0.1) is 11.9 Å². The predicted octanol–water partition coefficient (Wildman–Crippen LogP) is 3.27. The molecule has 1 aromatic heterocycles. The van der Waals surface area contributed by atoms with Gasteiger partial charge in [-0.25, -0.2) is 4.68 Å². The molecule has 0 saturated heterocycles. The molecule has 28 heavy (non-hydrogen) atoms. The molecule has 2 aromatic carbocycles. The SMILES string of the molecule is N#Cc1cnn(-c2ccccc2)c1NC(=O)c1ccc2c(c1)CCCC(=O)N2. The Balaban J connectivity index is 1.65. The van der Waals surface area contributed by atoms with Gasteiger partial charge in [-0.15, -0.1) is 0 Å². The molecule has 1 aliphatic rings. The van der Waals surface area contributed by atoms with Gasteiger partial charge in [-0.2, -0.15) is 10.4 Å². The van der Waals surface area contributed by atoms with Gasteiger partial charge in [-0.05, 0) is 48.7 Å². The topological polar surface area (TPSA) is 99.8 Å². The van der Waals surface area contributed by atoms with E-state index >= 15 is 0 Å². The summed E-state index contributed by atoms with van der Waals surface area (Å²) in [6.45, 7) is 0. The number of benzene rings is 2. The number of nitrogens with one attached hydrogen (secondary N) is 2. The number of nitrogens with zero attached hydrogens (tertiary/aromatic N) is 3. The maximum absolute atomic E-state index is 12.9. The largest absolute Gasteiger partial charge is 0.326 e. The van der Waals surface area contributed by atoms with Gasteiger partial charge in [-0.3, -0.25) is 9.59 Å². The molecule has 0 fully saturated rings. The van der Waals surface area contributed by atoms with Crippen molar-refractivity contribution in [3.8, 4) is 11.8 Å². The summed E-state index contributed by atoms with van der Waals surface area (Å²) in [5.41, 5.74) is 3.14. The van der Waals surface area contributed by atoms with Crippen LogP contribution in [0.1, 0.15) is 34.3 Å². The monoisotopic (exact) mass is 371 g/mol. The molecule has 0 radical (unpaired) electrons. The van der Waals surface area contributed by atoms with Crippen LogP contribution in [-0.2, 0) is 11.2 Å². The number of rotatable bonds is 3. The second-order valence-electron chi connectivity index (χ2n) is 6.49. The summed E-state index contributed by atoms with van der Waals surface area (Å²) in [6.07, 6.45) is 3.36. The molecule has 0 saturated carbocycles. The van der Waals surface area contributed by atoms with Crippen molar-refractivity contribution in [1.29, 1.82) is 5.26 Å². The smallest absolute Gasteiger partial charge is 0.256 e. The summed E-state index contributed by atoms with van der Waals surface area (Å²) in [4.78, 5) is 24.5. The summed E-state index contributed by atoms with van der Waals surface area (Å²) >= 11 is 0. The summed E-state index contributed by atoms with van der Waals surface area (Å²) in [5, 5.41) is 19.3. The molecule has 0 spiro atoms. The first kappa shape index (κ1) is 17.5. The van der Waals surface area contributed by atoms with Crippen molar-refractivity contribution < 1.29 is 9.59 Å². The zero-order valence-corrected chi connectivity index (χ0v) is 15.0. The van der Waals surface area contributed by atoms with E-state index in [-0.39, 0.29) is 17.4 Å². The third kappa shape index (κ3) is 3.35. The Labute approximate surface area is 161 Å². The number of carbonyl (C=O) groups excluding carboxylic acids is 2. The Kier molecular flexibility index (Phi) is 4.60. The van der Waals surface area contributed by atoms with E-state index in [9.17, 15) is 14.9 Å². The van der Waals surface area contributed by atoms with E-state index in [2.05, 4.69) is 21.8 Å². The minimum Gasteiger partial charge on any atom is -0.326 e. The van der Waals surface area contributed by atoms with Crippen LogP contribution in [0, 0.1) is 11.3 Å². The lowest BCUT2D eigenvalue weighted by molar-refractivity contribution is -0.116. The Morgan fingerprint density at radius 2 is 2.00 bits per heavy atom. The number of fused-ring (bicyclic) bond motifs is 1. The Morgan fingerprint density at radius 1 is 1.18 bits per heavy atom. The minimum atomic E-state index is -0.340. The van der Waals surface area contributed by atoms with Gasteiger partial charge in [0.1, 0.15) is 11.6 Å². The lowest BCUT2D eigenvalue weighted by Crippen LogP contribution is -2.16. The highest BCUT2D eigenvalue weighted by Crippen LogP contribution is 2.25. The molecule has 2 amide bonds. The van der Waals surface area contributed by atoms with E-state index < -0.39 is 0 Å². The van der Waals surface area contributed by atoms with E-state index in [4.69, 9.17) is 0 Å². The van der Waals surface area contributed by atoms with Gasteiger partial charge >= 0.3 is 0 Å². The highest BCUT2D eigenvalue weighted by molar-refractivity contribution is 6.05. The standard InChI is InChI=1S/C21H17N5O2/c22-12-16-13-23-26(17-6-2-1-3-7-17)20(16)25-21(28)15-9-10-18-14(11-15)5-4-8-19(27)24-18/h1-3,6-7,9-11,13H,4-5,8H2,(H,24,27)(H,25,28). The van der Waals surface area contributed by atoms with Crippen LogP contribution in [-0.4, -0.2) is 21.6 Å². The van der Waals surface area contributed by atoms with E-state index in [0.717, 1.165) is 29.8 Å². The fraction of sp³-hybridized carbons (Fsp3) is 0.143. The average Bonchev–Trinajstić information content (AvgIpc) is 3.02. The molecule has 0 atom stereocenters. The van der Waals surface area contributed by atoms with Gasteiger partial charge < -0.3 is 10.6 Å². The highest BCUT2D eigenvalue weighted by atomic mass is 16.2. The van der Waals surface area contributed by atoms with Crippen molar-refractivity contribution in [2.24, 2.45) is 0 Å². The molecule has 7 heteroatoms. The summed E-state index contributed by atoms with van der Waals surface area (Å²) in [7, 11) is 0. The molecule has 7 nitrogen and oxygen atoms in total. The maximum Gasteiger partial charge on any atom is 0.256 e.